The maximum Gasteiger partial charge on any atom is 0.377 e. The van der Waals surface area contributed by atoms with Gasteiger partial charge in [-0.3, -0.25) is 4.79 Å². The Morgan fingerprint density at radius 3 is 3.00 bits per heavy atom. The highest BCUT2D eigenvalue weighted by Gasteiger charge is 2.42. The summed E-state index contributed by atoms with van der Waals surface area (Å²) in [6, 6.07) is -1.13. The van der Waals surface area contributed by atoms with Gasteiger partial charge in [0, 0.05) is 4.91 Å². The Hall–Kier alpha value is -1.24. The van der Waals surface area contributed by atoms with Crippen molar-refractivity contribution in [2.24, 2.45) is 5.11 Å². The van der Waals surface area contributed by atoms with E-state index in [9.17, 15) is 9.82 Å². The third-order valence-corrected chi connectivity index (χ3v) is 2.61. The van der Waals surface area contributed by atoms with E-state index in [-0.39, 0.29) is 6.61 Å². The number of ether oxygens (including phenoxy) is 1. The van der Waals surface area contributed by atoms with Crippen molar-refractivity contribution in [1.29, 1.82) is 0 Å². The highest BCUT2D eigenvalue weighted by atomic mass is 16.5. The molecule has 0 amide bonds. The molecular formula is C8H15BN4O3. The lowest BCUT2D eigenvalue weighted by Gasteiger charge is -2.25. The first kappa shape index (κ1) is 12.8. The van der Waals surface area contributed by atoms with Crippen LogP contribution < -0.4 is 0 Å². The first-order valence-electron chi connectivity index (χ1n) is 5.26. The molecule has 1 fully saturated rings. The Kier molecular flexibility index (Phi) is 4.60. The van der Waals surface area contributed by atoms with Crippen LogP contribution in [0, 0.1) is 0 Å². The minimum absolute atomic E-state index is 0.270. The lowest BCUT2D eigenvalue weighted by Crippen LogP contribution is -2.48. The molecule has 0 aromatic rings. The van der Waals surface area contributed by atoms with Crippen molar-refractivity contribution in [3.05, 3.63) is 10.4 Å². The van der Waals surface area contributed by atoms with Crippen LogP contribution in [0.4, 0.5) is 0 Å². The van der Waals surface area contributed by atoms with Gasteiger partial charge in [-0.1, -0.05) is 5.11 Å². The van der Waals surface area contributed by atoms with Crippen molar-refractivity contribution >= 4 is 13.0 Å². The van der Waals surface area contributed by atoms with E-state index in [0.29, 0.717) is 13.0 Å². The van der Waals surface area contributed by atoms with Gasteiger partial charge in [0.2, 0.25) is 0 Å². The fourth-order valence-corrected chi connectivity index (χ4v) is 1.93. The molecule has 0 spiro atoms. The Morgan fingerprint density at radius 1 is 1.81 bits per heavy atom. The lowest BCUT2D eigenvalue weighted by molar-refractivity contribution is -0.147. The second-order valence-corrected chi connectivity index (χ2v) is 3.63. The molecule has 1 N–H and O–H groups in total. The molecule has 0 aromatic heterocycles. The van der Waals surface area contributed by atoms with Crippen LogP contribution in [0.1, 0.15) is 13.3 Å². The molecule has 1 aliphatic heterocycles. The first-order valence-corrected chi connectivity index (χ1v) is 5.26. The third kappa shape index (κ3) is 2.66. The Labute approximate surface area is 94.1 Å². The van der Waals surface area contributed by atoms with E-state index in [1.807, 2.05) is 0 Å². The molecule has 1 saturated heterocycles. The topological polar surface area (TPSA) is 98.5 Å². The summed E-state index contributed by atoms with van der Waals surface area (Å²) in [6.45, 7) is 4.07. The van der Waals surface area contributed by atoms with E-state index in [4.69, 9.17) is 10.3 Å². The summed E-state index contributed by atoms with van der Waals surface area (Å²) in [6.07, 6.45) is 0.554. The SMILES string of the molecule is CCOC(=O)[C@H]1C(N=[N+]=[N-])CCN1B(C)O. The van der Waals surface area contributed by atoms with E-state index in [2.05, 4.69) is 10.0 Å². The normalized spacial score (nSPS) is 24.9. The quantitative estimate of drug-likeness (QED) is 0.247. The molecule has 1 aliphatic rings. The van der Waals surface area contributed by atoms with Gasteiger partial charge in [0.25, 0.3) is 0 Å². The molecule has 0 radical (unpaired) electrons. The van der Waals surface area contributed by atoms with Crippen molar-refractivity contribution in [2.75, 3.05) is 13.2 Å². The molecule has 0 aromatic carbocycles. The van der Waals surface area contributed by atoms with Gasteiger partial charge in [-0.15, -0.1) is 0 Å². The summed E-state index contributed by atoms with van der Waals surface area (Å²) in [5.41, 5.74) is 8.41. The van der Waals surface area contributed by atoms with Crippen molar-refractivity contribution in [2.45, 2.75) is 32.3 Å². The molecule has 1 rings (SSSR count). The zero-order valence-electron chi connectivity index (χ0n) is 9.41. The number of rotatable bonds is 4. The largest absolute Gasteiger partial charge is 0.465 e. The smallest absolute Gasteiger partial charge is 0.377 e. The maximum atomic E-state index is 11.7. The maximum absolute atomic E-state index is 11.7. The van der Waals surface area contributed by atoms with E-state index in [1.165, 1.54) is 0 Å². The molecule has 2 atom stereocenters. The van der Waals surface area contributed by atoms with Crippen LogP contribution in [0.2, 0.25) is 6.82 Å². The van der Waals surface area contributed by atoms with Crippen LogP contribution in [-0.2, 0) is 9.53 Å². The summed E-state index contributed by atoms with van der Waals surface area (Å²) in [5.74, 6) is -0.446. The van der Waals surface area contributed by atoms with Crippen LogP contribution in [0.3, 0.4) is 0 Å². The molecule has 0 bridgehead atoms. The summed E-state index contributed by atoms with van der Waals surface area (Å²) < 4.78 is 4.91. The average Bonchev–Trinajstić information content (AvgIpc) is 2.62. The number of esters is 1. The zero-order chi connectivity index (χ0) is 12.1. The Morgan fingerprint density at radius 2 is 2.50 bits per heavy atom. The summed E-state index contributed by atoms with van der Waals surface area (Å²) in [7, 11) is -0.756. The van der Waals surface area contributed by atoms with Gasteiger partial charge in [0.1, 0.15) is 6.04 Å². The number of carbonyl (C=O) groups is 1. The summed E-state index contributed by atoms with van der Waals surface area (Å²) >= 11 is 0. The lowest BCUT2D eigenvalue weighted by atomic mass is 9.84. The van der Waals surface area contributed by atoms with Gasteiger partial charge < -0.3 is 14.6 Å². The molecule has 1 unspecified atom stereocenters. The minimum atomic E-state index is -0.756. The van der Waals surface area contributed by atoms with Crippen molar-refractivity contribution in [3.8, 4) is 0 Å². The van der Waals surface area contributed by atoms with Crippen LogP contribution in [-0.4, -0.2) is 48.1 Å². The number of azide groups is 1. The monoisotopic (exact) mass is 226 g/mol. The molecule has 0 saturated carbocycles. The van der Waals surface area contributed by atoms with Crippen LogP contribution >= 0.6 is 0 Å². The summed E-state index contributed by atoms with van der Waals surface area (Å²) in [5, 5.41) is 13.1. The van der Waals surface area contributed by atoms with E-state index < -0.39 is 25.1 Å². The molecule has 1 heterocycles. The second-order valence-electron chi connectivity index (χ2n) is 3.63. The highest BCUT2D eigenvalue weighted by molar-refractivity contribution is 6.45. The number of hydrogen-bond acceptors (Lipinski definition) is 5. The van der Waals surface area contributed by atoms with Gasteiger partial charge >= 0.3 is 13.0 Å². The molecule has 88 valence electrons. The number of carbonyl (C=O) groups excluding carboxylic acids is 1. The zero-order valence-corrected chi connectivity index (χ0v) is 9.41. The van der Waals surface area contributed by atoms with Gasteiger partial charge in [-0.05, 0) is 32.2 Å². The number of nitrogens with zero attached hydrogens (tertiary/aromatic N) is 4. The fraction of sp³-hybridized carbons (Fsp3) is 0.875. The Balaban J connectivity index is 2.83. The van der Waals surface area contributed by atoms with Gasteiger partial charge in [0.05, 0.1) is 12.6 Å². The highest BCUT2D eigenvalue weighted by Crippen LogP contribution is 2.23. The summed E-state index contributed by atoms with van der Waals surface area (Å²) in [4.78, 5) is 16.0. The van der Waals surface area contributed by atoms with Crippen molar-refractivity contribution in [3.63, 3.8) is 0 Å². The van der Waals surface area contributed by atoms with Crippen molar-refractivity contribution in [1.82, 2.24) is 4.81 Å². The molecule has 8 heteroatoms. The molecule has 16 heavy (non-hydrogen) atoms. The first-order chi connectivity index (χ1) is 7.61. The van der Waals surface area contributed by atoms with Gasteiger partial charge in [0.15, 0.2) is 0 Å². The van der Waals surface area contributed by atoms with Gasteiger partial charge in [-0.2, -0.15) is 0 Å². The predicted molar refractivity (Wildman–Crippen MR) is 58.5 cm³/mol. The minimum Gasteiger partial charge on any atom is -0.465 e. The average molecular weight is 226 g/mol. The second kappa shape index (κ2) is 5.74. The van der Waals surface area contributed by atoms with Gasteiger partial charge in [-0.25, -0.2) is 0 Å². The molecule has 7 nitrogen and oxygen atoms in total. The molecule has 0 aliphatic carbocycles. The van der Waals surface area contributed by atoms with E-state index in [1.54, 1.807) is 18.6 Å². The van der Waals surface area contributed by atoms with E-state index in [0.717, 1.165) is 0 Å². The van der Waals surface area contributed by atoms with Crippen LogP contribution in [0.25, 0.3) is 10.4 Å². The standard InChI is InChI=1S/C8H15BN4O3/c1-3-16-8(14)7-6(11-12-10)4-5-13(7)9(2)15/h6-7,15H,3-5H2,1-2H3/t6?,7-/m1/s1. The fourth-order valence-electron chi connectivity index (χ4n) is 1.93. The third-order valence-electron chi connectivity index (χ3n) is 2.61. The number of hydrogen-bond donors (Lipinski definition) is 1. The predicted octanol–water partition coefficient (Wildman–Crippen LogP) is 0.413. The van der Waals surface area contributed by atoms with Crippen molar-refractivity contribution < 1.29 is 14.6 Å². The van der Waals surface area contributed by atoms with Crippen LogP contribution in [0.5, 0.6) is 0 Å². The van der Waals surface area contributed by atoms with Crippen LogP contribution in [0.15, 0.2) is 5.11 Å². The van der Waals surface area contributed by atoms with E-state index >= 15 is 0 Å². The molecular weight excluding hydrogens is 211 g/mol. The Bertz CT molecular complexity index is 306.